The maximum absolute atomic E-state index is 13.6. The smallest absolute Gasteiger partial charge is 0.416 e. The first-order valence-electron chi connectivity index (χ1n) is 11.7. The summed E-state index contributed by atoms with van der Waals surface area (Å²) in [5.41, 5.74) is -4.56. The first kappa shape index (κ1) is 29.6. The van der Waals surface area contributed by atoms with Crippen molar-refractivity contribution in [3.8, 4) is 0 Å². The Bertz CT molecular complexity index is 1130. The lowest BCUT2D eigenvalue weighted by Gasteiger charge is -2.43. The van der Waals surface area contributed by atoms with Crippen LogP contribution in [0.1, 0.15) is 66.5 Å². The molecule has 4 nitrogen and oxygen atoms in total. The molecule has 2 aromatic rings. The Labute approximate surface area is 212 Å². The van der Waals surface area contributed by atoms with Crippen LogP contribution in [-0.2, 0) is 23.3 Å². The quantitative estimate of drug-likeness (QED) is 0.381. The Kier molecular flexibility index (Phi) is 8.30. The van der Waals surface area contributed by atoms with Gasteiger partial charge in [0.25, 0.3) is 0 Å². The van der Waals surface area contributed by atoms with Crippen LogP contribution >= 0.6 is 0 Å². The van der Waals surface area contributed by atoms with Gasteiger partial charge in [0.05, 0.1) is 29.0 Å². The van der Waals surface area contributed by atoms with Gasteiger partial charge in [0, 0.05) is 18.0 Å². The van der Waals surface area contributed by atoms with Crippen molar-refractivity contribution in [1.82, 2.24) is 5.32 Å². The molecule has 3 rings (SSSR count). The highest BCUT2D eigenvalue weighted by atomic mass is 19.4. The molecule has 0 spiro atoms. The molecule has 0 unspecified atom stereocenters. The average Bonchev–Trinajstić information content (AvgIpc) is 2.82. The van der Waals surface area contributed by atoms with E-state index in [-0.39, 0.29) is 30.3 Å². The fraction of sp³-hybridized carbons (Fsp3) is 0.480. The second kappa shape index (κ2) is 10.7. The topological polar surface area (TPSA) is 41.6 Å². The number of ether oxygens (including phenoxy) is 1. The lowest BCUT2D eigenvalue weighted by Crippen LogP contribution is -2.46. The van der Waals surface area contributed by atoms with E-state index in [4.69, 9.17) is 4.74 Å². The van der Waals surface area contributed by atoms with Gasteiger partial charge in [-0.25, -0.2) is 4.79 Å². The summed E-state index contributed by atoms with van der Waals surface area (Å²) in [5.74, 6) is -1.02. The Morgan fingerprint density at radius 1 is 0.921 bits per heavy atom. The summed E-state index contributed by atoms with van der Waals surface area (Å²) >= 11 is 0. The highest BCUT2D eigenvalue weighted by Crippen LogP contribution is 2.48. The number of carbonyl (C=O) groups is 1. The maximum atomic E-state index is 13.6. The number of likely N-dealkylation sites (N-methyl/N-ethyl adjacent to an activating group) is 1. The zero-order valence-electron chi connectivity index (χ0n) is 20.5. The lowest BCUT2D eigenvalue weighted by atomic mass is 9.77. The van der Waals surface area contributed by atoms with Crippen molar-refractivity contribution in [2.24, 2.45) is 0 Å². The summed E-state index contributed by atoms with van der Waals surface area (Å²) in [5, 5.41) is 2.71. The SMILES string of the molecule is CCOC(=O)N1c2ccc(C(F)(F)F)cc2[C@H]([C@H](NC)c2cc(C(F)(F)F)cc(C(F)(F)F)c2)C[C@H]1CC. The summed E-state index contributed by atoms with van der Waals surface area (Å²) in [6, 6.07) is 1.83. The Hall–Kier alpha value is -2.96. The predicted molar refractivity (Wildman–Crippen MR) is 121 cm³/mol. The Balaban J connectivity index is 2.27. The van der Waals surface area contributed by atoms with Crippen molar-refractivity contribution < 1.29 is 49.0 Å². The number of halogens is 9. The summed E-state index contributed by atoms with van der Waals surface area (Å²) in [6.45, 7) is 3.22. The van der Waals surface area contributed by atoms with Crippen LogP contribution in [-0.4, -0.2) is 25.8 Å². The van der Waals surface area contributed by atoms with Crippen LogP contribution in [0.4, 0.5) is 50.0 Å². The minimum Gasteiger partial charge on any atom is -0.449 e. The molecule has 1 heterocycles. The number of fused-ring (bicyclic) bond motifs is 1. The van der Waals surface area contributed by atoms with Crippen molar-refractivity contribution in [1.29, 1.82) is 0 Å². The molecule has 0 radical (unpaired) electrons. The molecule has 210 valence electrons. The molecular weight excluding hydrogens is 531 g/mol. The summed E-state index contributed by atoms with van der Waals surface area (Å²) < 4.78 is 127. The molecular formula is C25H25F9N2O2. The number of hydrogen-bond acceptors (Lipinski definition) is 3. The highest BCUT2D eigenvalue weighted by Gasteiger charge is 2.43. The van der Waals surface area contributed by atoms with Gasteiger partial charge in [-0.05, 0) is 74.3 Å². The predicted octanol–water partition coefficient (Wildman–Crippen LogP) is 7.93. The van der Waals surface area contributed by atoms with Crippen LogP contribution in [0.2, 0.25) is 0 Å². The van der Waals surface area contributed by atoms with E-state index in [1.165, 1.54) is 11.9 Å². The molecule has 0 aliphatic carbocycles. The van der Waals surface area contributed by atoms with E-state index < -0.39 is 64.9 Å². The molecule has 0 saturated heterocycles. The van der Waals surface area contributed by atoms with Crippen LogP contribution in [0.3, 0.4) is 0 Å². The molecule has 0 aromatic heterocycles. The van der Waals surface area contributed by atoms with Crippen molar-refractivity contribution in [3.63, 3.8) is 0 Å². The molecule has 1 amide bonds. The standard InChI is InChI=1S/C25H25F9N2O2/c1-4-17-12-19(18-11-14(23(26,27)28)6-7-20(18)36(17)22(37)38-5-2)21(35-3)13-8-15(24(29,30)31)10-16(9-13)25(32,33)34/h6-11,17,19,21,35H,4-5,12H2,1-3H3/t17-,19-,21-/m1/s1. The van der Waals surface area contributed by atoms with Crippen molar-refractivity contribution in [2.75, 3.05) is 18.6 Å². The van der Waals surface area contributed by atoms with Gasteiger partial charge in [-0.2, -0.15) is 39.5 Å². The van der Waals surface area contributed by atoms with Gasteiger partial charge in [-0.1, -0.05) is 6.92 Å². The zero-order chi connectivity index (χ0) is 28.6. The first-order valence-corrected chi connectivity index (χ1v) is 11.7. The molecule has 1 aliphatic heterocycles. The van der Waals surface area contributed by atoms with Crippen molar-refractivity contribution in [3.05, 3.63) is 64.2 Å². The first-order chi connectivity index (χ1) is 17.5. The Morgan fingerprint density at radius 3 is 1.92 bits per heavy atom. The summed E-state index contributed by atoms with van der Waals surface area (Å²) in [4.78, 5) is 13.9. The monoisotopic (exact) mass is 556 g/mol. The normalized spacial score (nSPS) is 19.2. The molecule has 38 heavy (non-hydrogen) atoms. The number of alkyl halides is 9. The molecule has 3 atom stereocenters. The van der Waals surface area contributed by atoms with Crippen LogP contribution in [0, 0.1) is 0 Å². The third-order valence-electron chi connectivity index (χ3n) is 6.52. The third-order valence-corrected chi connectivity index (χ3v) is 6.52. The van der Waals surface area contributed by atoms with E-state index in [0.29, 0.717) is 18.6 Å². The summed E-state index contributed by atoms with van der Waals surface area (Å²) in [7, 11) is 1.30. The van der Waals surface area contributed by atoms with Gasteiger partial charge in [0.15, 0.2) is 0 Å². The van der Waals surface area contributed by atoms with Gasteiger partial charge in [0.1, 0.15) is 0 Å². The van der Waals surface area contributed by atoms with Gasteiger partial charge in [0.2, 0.25) is 0 Å². The second-order valence-electron chi connectivity index (χ2n) is 8.85. The van der Waals surface area contributed by atoms with E-state index in [9.17, 15) is 44.3 Å². The molecule has 0 fully saturated rings. The van der Waals surface area contributed by atoms with E-state index >= 15 is 0 Å². The van der Waals surface area contributed by atoms with Gasteiger partial charge in [-0.15, -0.1) is 0 Å². The number of amides is 1. The molecule has 1 aliphatic rings. The molecule has 0 bridgehead atoms. The lowest BCUT2D eigenvalue weighted by molar-refractivity contribution is -0.143. The number of anilines is 1. The van der Waals surface area contributed by atoms with Crippen LogP contribution in [0.5, 0.6) is 0 Å². The minimum absolute atomic E-state index is 0.00979. The Morgan fingerprint density at radius 2 is 1.47 bits per heavy atom. The van der Waals surface area contributed by atoms with Gasteiger partial charge in [-0.3, -0.25) is 4.90 Å². The van der Waals surface area contributed by atoms with Crippen LogP contribution in [0.25, 0.3) is 0 Å². The number of hydrogen-bond donors (Lipinski definition) is 1. The molecule has 0 saturated carbocycles. The van der Waals surface area contributed by atoms with Crippen molar-refractivity contribution >= 4 is 11.8 Å². The molecule has 1 N–H and O–H groups in total. The minimum atomic E-state index is -5.10. The third kappa shape index (κ3) is 6.02. The number of rotatable bonds is 5. The number of nitrogens with zero attached hydrogens (tertiary/aromatic N) is 1. The largest absolute Gasteiger partial charge is 0.449 e. The average molecular weight is 556 g/mol. The second-order valence-corrected chi connectivity index (χ2v) is 8.85. The number of nitrogens with one attached hydrogen (secondary N) is 1. The number of carbonyl (C=O) groups excluding carboxylic acids is 1. The molecule has 2 aromatic carbocycles. The maximum Gasteiger partial charge on any atom is 0.416 e. The van der Waals surface area contributed by atoms with Crippen LogP contribution < -0.4 is 10.2 Å². The zero-order valence-corrected chi connectivity index (χ0v) is 20.5. The van der Waals surface area contributed by atoms with E-state index in [0.717, 1.165) is 18.2 Å². The molecule has 13 heteroatoms. The summed E-state index contributed by atoms with van der Waals surface area (Å²) in [6.07, 6.45) is -15.6. The van der Waals surface area contributed by atoms with Crippen LogP contribution in [0.15, 0.2) is 36.4 Å². The van der Waals surface area contributed by atoms with E-state index in [1.807, 2.05) is 0 Å². The van der Waals surface area contributed by atoms with E-state index in [2.05, 4.69) is 5.32 Å². The van der Waals surface area contributed by atoms with E-state index in [1.54, 1.807) is 13.8 Å². The fourth-order valence-electron chi connectivity index (χ4n) is 4.83. The number of benzene rings is 2. The van der Waals surface area contributed by atoms with Crippen molar-refractivity contribution in [2.45, 2.75) is 63.2 Å². The fourth-order valence-corrected chi connectivity index (χ4v) is 4.83. The van der Waals surface area contributed by atoms with Gasteiger partial charge >= 0.3 is 24.6 Å². The van der Waals surface area contributed by atoms with Gasteiger partial charge < -0.3 is 10.1 Å². The highest BCUT2D eigenvalue weighted by molar-refractivity contribution is 5.90.